The molecule has 0 bridgehead atoms. The Balaban J connectivity index is 1.31. The third kappa shape index (κ3) is 3.67. The number of benzene rings is 8. The molecule has 0 aliphatic rings. The highest BCUT2D eigenvalue weighted by molar-refractivity contribution is 6.28. The minimum Gasteiger partial charge on any atom is -0.455 e. The Bertz CT molecular complexity index is 3040. The first-order valence-electron chi connectivity index (χ1n) is 16.6. The van der Waals surface area contributed by atoms with E-state index in [0.29, 0.717) is 0 Å². The van der Waals surface area contributed by atoms with Crippen LogP contribution >= 0.6 is 0 Å². The number of hydrogen-bond acceptors (Lipinski definition) is 3. The zero-order valence-corrected chi connectivity index (χ0v) is 26.2. The molecule has 8 aromatic carbocycles. The van der Waals surface area contributed by atoms with Crippen molar-refractivity contribution in [1.29, 1.82) is 0 Å². The van der Waals surface area contributed by atoms with E-state index in [0.717, 1.165) is 110 Å². The van der Waals surface area contributed by atoms with Gasteiger partial charge in [0.05, 0.1) is 0 Å². The summed E-state index contributed by atoms with van der Waals surface area (Å²) in [5, 5.41) is 10.00. The van der Waals surface area contributed by atoms with Gasteiger partial charge in [-0.15, -0.1) is 0 Å². The van der Waals surface area contributed by atoms with Crippen molar-refractivity contribution in [1.82, 2.24) is 0 Å². The Labute approximate surface area is 280 Å². The van der Waals surface area contributed by atoms with Gasteiger partial charge in [0.2, 0.25) is 0 Å². The average Bonchev–Trinajstić information content (AvgIpc) is 3.86. The third-order valence-corrected chi connectivity index (χ3v) is 10.1. The van der Waals surface area contributed by atoms with E-state index in [1.807, 2.05) is 30.3 Å². The van der Waals surface area contributed by atoms with Crippen molar-refractivity contribution in [2.45, 2.75) is 0 Å². The minimum atomic E-state index is 0.756. The molecule has 11 aromatic rings. The summed E-state index contributed by atoms with van der Waals surface area (Å²) in [6.07, 6.45) is 0. The van der Waals surface area contributed by atoms with Crippen LogP contribution in [0, 0.1) is 0 Å². The van der Waals surface area contributed by atoms with E-state index < -0.39 is 0 Å². The zero-order valence-electron chi connectivity index (χ0n) is 26.2. The summed E-state index contributed by atoms with van der Waals surface area (Å²) in [7, 11) is 0. The molecule has 3 heterocycles. The molecule has 3 aromatic heterocycles. The predicted octanol–water partition coefficient (Wildman–Crippen LogP) is 13.5. The fraction of sp³-hybridized carbons (Fsp3) is 0. The van der Waals surface area contributed by atoms with Crippen molar-refractivity contribution in [3.8, 4) is 33.6 Å². The van der Waals surface area contributed by atoms with Crippen LogP contribution < -0.4 is 0 Å². The van der Waals surface area contributed by atoms with E-state index in [2.05, 4.69) is 127 Å². The lowest BCUT2D eigenvalue weighted by Gasteiger charge is -2.18. The second-order valence-electron chi connectivity index (χ2n) is 12.7. The first-order chi connectivity index (χ1) is 24.3. The highest BCUT2D eigenvalue weighted by Crippen LogP contribution is 2.52. The fourth-order valence-electron chi connectivity index (χ4n) is 8.01. The summed E-state index contributed by atoms with van der Waals surface area (Å²) in [5.41, 5.74) is 9.62. The summed E-state index contributed by atoms with van der Waals surface area (Å²) in [4.78, 5) is 0. The van der Waals surface area contributed by atoms with Gasteiger partial charge >= 0.3 is 0 Å². The van der Waals surface area contributed by atoms with Crippen molar-refractivity contribution in [2.75, 3.05) is 0 Å². The van der Waals surface area contributed by atoms with Gasteiger partial charge in [-0.3, -0.25) is 0 Å². The fourth-order valence-corrected chi connectivity index (χ4v) is 8.01. The van der Waals surface area contributed by atoms with Crippen LogP contribution in [0.3, 0.4) is 0 Å². The third-order valence-electron chi connectivity index (χ3n) is 10.1. The Morgan fingerprint density at radius 1 is 0.265 bits per heavy atom. The van der Waals surface area contributed by atoms with Gasteiger partial charge < -0.3 is 13.3 Å². The summed E-state index contributed by atoms with van der Waals surface area (Å²) >= 11 is 0. The summed E-state index contributed by atoms with van der Waals surface area (Å²) in [6.45, 7) is 0. The molecule has 0 saturated heterocycles. The van der Waals surface area contributed by atoms with E-state index in [4.69, 9.17) is 13.3 Å². The molecule has 0 amide bonds. The molecule has 0 radical (unpaired) electrons. The van der Waals surface area contributed by atoms with Gasteiger partial charge in [-0.25, -0.2) is 0 Å². The maximum atomic E-state index is 6.98. The number of furan rings is 3. The summed E-state index contributed by atoms with van der Waals surface area (Å²) in [6, 6.07) is 55.3. The first kappa shape index (κ1) is 26.5. The smallest absolute Gasteiger partial charge is 0.178 e. The normalized spacial score (nSPS) is 12.1. The lowest BCUT2D eigenvalue weighted by Crippen LogP contribution is -1.92. The van der Waals surface area contributed by atoms with Gasteiger partial charge in [-0.1, -0.05) is 133 Å². The number of rotatable bonds is 3. The number of hydrogen-bond donors (Lipinski definition) is 0. The Morgan fingerprint density at radius 2 is 0.735 bits per heavy atom. The lowest BCUT2D eigenvalue weighted by molar-refractivity contribution is 0.612. The first-order valence-corrected chi connectivity index (χ1v) is 16.6. The lowest BCUT2D eigenvalue weighted by atomic mass is 9.84. The van der Waals surface area contributed by atoms with Gasteiger partial charge in [0.25, 0.3) is 0 Å². The molecule has 0 aliphatic heterocycles. The maximum Gasteiger partial charge on any atom is 0.178 e. The van der Waals surface area contributed by atoms with E-state index in [1.165, 1.54) is 0 Å². The Morgan fingerprint density at radius 3 is 1.39 bits per heavy atom. The van der Waals surface area contributed by atoms with Crippen LogP contribution in [0.2, 0.25) is 0 Å². The molecule has 0 unspecified atom stereocenters. The summed E-state index contributed by atoms with van der Waals surface area (Å²) in [5.74, 6) is 0.825. The van der Waals surface area contributed by atoms with Gasteiger partial charge in [-0.05, 0) is 45.8 Å². The molecule has 0 fully saturated rings. The number of fused-ring (bicyclic) bond motifs is 10. The van der Waals surface area contributed by atoms with Crippen molar-refractivity contribution < 1.29 is 13.3 Å². The van der Waals surface area contributed by atoms with E-state index in [-0.39, 0.29) is 0 Å². The van der Waals surface area contributed by atoms with E-state index in [9.17, 15) is 0 Å². The molecule has 0 aliphatic carbocycles. The minimum absolute atomic E-state index is 0.756. The van der Waals surface area contributed by atoms with Gasteiger partial charge in [0.1, 0.15) is 22.5 Å². The standard InChI is InChI=1S/C46H26O3/c1-2-13-27(14-3-1)43-42(37-26-25-35-29-16-9-11-24-39(29)48-45(35)46(37)49-43)41-32-19-6-4-17-30(32)40(31-18-5-7-20-33(31)41)36-22-12-21-34-28-15-8-10-23-38(28)47-44(34)36/h1-26H. The highest BCUT2D eigenvalue weighted by Gasteiger charge is 2.27. The molecule has 3 nitrogen and oxygen atoms in total. The van der Waals surface area contributed by atoms with E-state index in [1.54, 1.807) is 0 Å². The van der Waals surface area contributed by atoms with Gasteiger partial charge in [-0.2, -0.15) is 0 Å². The molecular formula is C46H26O3. The van der Waals surface area contributed by atoms with Crippen molar-refractivity contribution in [3.05, 3.63) is 158 Å². The zero-order chi connectivity index (χ0) is 32.1. The average molecular weight is 627 g/mol. The Hall–Kier alpha value is -6.58. The molecule has 0 saturated carbocycles. The molecule has 3 heteroatoms. The van der Waals surface area contributed by atoms with Crippen LogP contribution in [0.1, 0.15) is 0 Å². The predicted molar refractivity (Wildman–Crippen MR) is 202 cm³/mol. The van der Waals surface area contributed by atoms with Crippen LogP contribution in [0.25, 0.3) is 110 Å². The van der Waals surface area contributed by atoms with Gasteiger partial charge in [0, 0.05) is 54.7 Å². The van der Waals surface area contributed by atoms with Crippen LogP contribution in [0.4, 0.5) is 0 Å². The molecule has 0 atom stereocenters. The van der Waals surface area contributed by atoms with Gasteiger partial charge in [0.15, 0.2) is 11.2 Å². The van der Waals surface area contributed by atoms with Crippen molar-refractivity contribution >= 4 is 76.4 Å². The van der Waals surface area contributed by atoms with Crippen molar-refractivity contribution in [2.24, 2.45) is 0 Å². The Kier molecular flexibility index (Phi) is 5.38. The van der Waals surface area contributed by atoms with Crippen LogP contribution in [-0.4, -0.2) is 0 Å². The topological polar surface area (TPSA) is 39.4 Å². The quantitative estimate of drug-likeness (QED) is 0.183. The SMILES string of the molecule is c1ccc(-c2oc3c(ccc4c5ccccc5oc43)c2-c2c3ccccc3c(-c3cccc4c3oc3ccccc34)c3ccccc23)cc1. The van der Waals surface area contributed by atoms with Crippen LogP contribution in [-0.2, 0) is 0 Å². The maximum absolute atomic E-state index is 6.98. The van der Waals surface area contributed by atoms with Crippen molar-refractivity contribution in [3.63, 3.8) is 0 Å². The monoisotopic (exact) mass is 626 g/mol. The largest absolute Gasteiger partial charge is 0.455 e. The second-order valence-corrected chi connectivity index (χ2v) is 12.7. The van der Waals surface area contributed by atoms with E-state index >= 15 is 0 Å². The molecule has 0 spiro atoms. The molecule has 49 heavy (non-hydrogen) atoms. The molecular weight excluding hydrogens is 601 g/mol. The van der Waals surface area contributed by atoms with Crippen LogP contribution in [0.15, 0.2) is 171 Å². The highest BCUT2D eigenvalue weighted by atomic mass is 16.4. The summed E-state index contributed by atoms with van der Waals surface area (Å²) < 4.78 is 20.1. The molecule has 0 N–H and O–H groups in total. The number of para-hydroxylation sites is 3. The molecule has 228 valence electrons. The molecule has 11 rings (SSSR count). The second kappa shape index (κ2) is 9.96. The van der Waals surface area contributed by atoms with Crippen LogP contribution in [0.5, 0.6) is 0 Å².